The Morgan fingerprint density at radius 1 is 1.44 bits per heavy atom. The predicted molar refractivity (Wildman–Crippen MR) is 73.1 cm³/mol. The SMILES string of the molecule is O=C(O)N1CC2CCNc3ccc(Br)cc3C2C1. The number of carbonyl (C=O) groups is 1. The summed E-state index contributed by atoms with van der Waals surface area (Å²) in [6, 6.07) is 6.22. The molecule has 4 nitrogen and oxygen atoms in total. The van der Waals surface area contributed by atoms with Crippen LogP contribution in [0.15, 0.2) is 22.7 Å². The summed E-state index contributed by atoms with van der Waals surface area (Å²) >= 11 is 3.50. The van der Waals surface area contributed by atoms with Crippen LogP contribution in [0.3, 0.4) is 0 Å². The second kappa shape index (κ2) is 4.46. The molecule has 2 atom stereocenters. The lowest BCUT2D eigenvalue weighted by Gasteiger charge is -2.17. The van der Waals surface area contributed by atoms with Crippen LogP contribution >= 0.6 is 15.9 Å². The van der Waals surface area contributed by atoms with E-state index in [-0.39, 0.29) is 0 Å². The number of hydrogen-bond acceptors (Lipinski definition) is 2. The van der Waals surface area contributed by atoms with E-state index in [9.17, 15) is 4.79 Å². The first-order chi connectivity index (χ1) is 8.65. The lowest BCUT2D eigenvalue weighted by Crippen LogP contribution is -2.27. The molecule has 2 aliphatic heterocycles. The molecule has 1 fully saturated rings. The number of nitrogens with one attached hydrogen (secondary N) is 1. The largest absolute Gasteiger partial charge is 0.465 e. The highest BCUT2D eigenvalue weighted by Crippen LogP contribution is 2.41. The van der Waals surface area contributed by atoms with Gasteiger partial charge in [0.15, 0.2) is 0 Å². The summed E-state index contributed by atoms with van der Waals surface area (Å²) in [7, 11) is 0. The number of fused-ring (bicyclic) bond motifs is 3. The maximum Gasteiger partial charge on any atom is 0.407 e. The molecule has 5 heteroatoms. The number of amides is 1. The maximum atomic E-state index is 11.1. The fraction of sp³-hybridized carbons (Fsp3) is 0.462. The fourth-order valence-corrected chi connectivity index (χ4v) is 3.44. The summed E-state index contributed by atoms with van der Waals surface area (Å²) in [6.45, 7) is 2.20. The van der Waals surface area contributed by atoms with E-state index in [0.717, 1.165) is 23.1 Å². The van der Waals surface area contributed by atoms with Gasteiger partial charge in [0.2, 0.25) is 0 Å². The highest BCUT2D eigenvalue weighted by Gasteiger charge is 2.38. The fourth-order valence-electron chi connectivity index (χ4n) is 3.07. The van der Waals surface area contributed by atoms with Gasteiger partial charge in [-0.2, -0.15) is 0 Å². The summed E-state index contributed by atoms with van der Waals surface area (Å²) in [5.74, 6) is 0.757. The van der Waals surface area contributed by atoms with E-state index in [1.165, 1.54) is 5.56 Å². The number of rotatable bonds is 0. The summed E-state index contributed by atoms with van der Waals surface area (Å²) in [6.07, 6.45) is 0.230. The second-order valence-corrected chi connectivity index (χ2v) is 5.92. The number of anilines is 1. The van der Waals surface area contributed by atoms with Crippen molar-refractivity contribution in [2.75, 3.05) is 25.0 Å². The number of benzene rings is 1. The highest BCUT2D eigenvalue weighted by molar-refractivity contribution is 9.10. The Kier molecular flexibility index (Phi) is 2.93. The van der Waals surface area contributed by atoms with E-state index >= 15 is 0 Å². The van der Waals surface area contributed by atoms with Gasteiger partial charge in [0, 0.05) is 35.7 Å². The van der Waals surface area contributed by atoms with Gasteiger partial charge < -0.3 is 15.3 Å². The van der Waals surface area contributed by atoms with Crippen LogP contribution in [0, 0.1) is 5.92 Å². The number of likely N-dealkylation sites (tertiary alicyclic amines) is 1. The minimum atomic E-state index is -0.799. The van der Waals surface area contributed by atoms with Crippen LogP contribution in [0.1, 0.15) is 17.9 Å². The van der Waals surface area contributed by atoms with E-state index in [2.05, 4.69) is 33.4 Å². The lowest BCUT2D eigenvalue weighted by molar-refractivity contribution is 0.153. The first kappa shape index (κ1) is 11.8. The molecule has 0 aromatic heterocycles. The highest BCUT2D eigenvalue weighted by atomic mass is 79.9. The molecular formula is C13H15BrN2O2. The molecule has 2 heterocycles. The van der Waals surface area contributed by atoms with Crippen LogP contribution in [0.4, 0.5) is 10.5 Å². The first-order valence-electron chi connectivity index (χ1n) is 6.16. The molecule has 0 bridgehead atoms. The minimum absolute atomic E-state index is 0.323. The molecule has 0 radical (unpaired) electrons. The van der Waals surface area contributed by atoms with Gasteiger partial charge in [-0.25, -0.2) is 4.79 Å². The van der Waals surface area contributed by atoms with Crippen LogP contribution in [0.2, 0.25) is 0 Å². The Balaban J connectivity index is 1.97. The Hall–Kier alpha value is -1.23. The van der Waals surface area contributed by atoms with Crippen molar-refractivity contribution in [2.45, 2.75) is 12.3 Å². The van der Waals surface area contributed by atoms with Crippen molar-refractivity contribution in [3.63, 3.8) is 0 Å². The van der Waals surface area contributed by atoms with E-state index < -0.39 is 6.09 Å². The molecule has 0 spiro atoms. The van der Waals surface area contributed by atoms with E-state index in [0.29, 0.717) is 24.9 Å². The Morgan fingerprint density at radius 2 is 2.28 bits per heavy atom. The zero-order valence-electron chi connectivity index (χ0n) is 9.90. The van der Waals surface area contributed by atoms with Crippen molar-refractivity contribution in [1.82, 2.24) is 4.90 Å². The van der Waals surface area contributed by atoms with Crippen LogP contribution in [-0.4, -0.2) is 35.7 Å². The van der Waals surface area contributed by atoms with Gasteiger partial charge in [0.25, 0.3) is 0 Å². The van der Waals surface area contributed by atoms with Crippen molar-refractivity contribution < 1.29 is 9.90 Å². The summed E-state index contributed by atoms with van der Waals surface area (Å²) in [5, 5.41) is 12.6. The van der Waals surface area contributed by atoms with Gasteiger partial charge in [0.1, 0.15) is 0 Å². The Morgan fingerprint density at radius 3 is 3.06 bits per heavy atom. The van der Waals surface area contributed by atoms with Crippen molar-refractivity contribution >= 4 is 27.7 Å². The standard InChI is InChI=1S/C13H15BrN2O2/c14-9-1-2-12-10(5-9)11-7-16(13(17)18)6-8(11)3-4-15-12/h1-2,5,8,11,15H,3-4,6-7H2,(H,17,18). The van der Waals surface area contributed by atoms with Crippen LogP contribution in [0.5, 0.6) is 0 Å². The molecule has 18 heavy (non-hydrogen) atoms. The summed E-state index contributed by atoms with van der Waals surface area (Å²) in [4.78, 5) is 12.7. The molecule has 2 aliphatic rings. The van der Waals surface area contributed by atoms with Crippen molar-refractivity contribution in [2.24, 2.45) is 5.92 Å². The summed E-state index contributed by atoms with van der Waals surface area (Å²) < 4.78 is 1.05. The molecule has 1 saturated heterocycles. The van der Waals surface area contributed by atoms with Crippen molar-refractivity contribution in [3.8, 4) is 0 Å². The number of halogens is 1. The zero-order chi connectivity index (χ0) is 12.7. The number of hydrogen-bond donors (Lipinski definition) is 2. The third kappa shape index (κ3) is 1.96. The molecule has 1 amide bonds. The van der Waals surface area contributed by atoms with E-state index in [4.69, 9.17) is 5.11 Å². The molecule has 1 aromatic carbocycles. The van der Waals surface area contributed by atoms with E-state index in [1.54, 1.807) is 4.90 Å². The Bertz CT molecular complexity index is 492. The predicted octanol–water partition coefficient (Wildman–Crippen LogP) is 2.96. The normalized spacial score (nSPS) is 25.9. The average Bonchev–Trinajstić information content (AvgIpc) is 2.68. The lowest BCUT2D eigenvalue weighted by atomic mass is 9.87. The van der Waals surface area contributed by atoms with Crippen LogP contribution in [0.25, 0.3) is 0 Å². The maximum absolute atomic E-state index is 11.1. The van der Waals surface area contributed by atoms with Gasteiger partial charge in [0.05, 0.1) is 0 Å². The third-order valence-electron chi connectivity index (χ3n) is 3.96. The summed E-state index contributed by atoms with van der Waals surface area (Å²) in [5.41, 5.74) is 2.40. The monoisotopic (exact) mass is 310 g/mol. The molecule has 2 N–H and O–H groups in total. The zero-order valence-corrected chi connectivity index (χ0v) is 11.5. The topological polar surface area (TPSA) is 52.6 Å². The number of nitrogens with zero attached hydrogens (tertiary/aromatic N) is 1. The van der Waals surface area contributed by atoms with Gasteiger partial charge in [-0.1, -0.05) is 15.9 Å². The first-order valence-corrected chi connectivity index (χ1v) is 6.95. The molecule has 0 aliphatic carbocycles. The average molecular weight is 311 g/mol. The van der Waals surface area contributed by atoms with Gasteiger partial charge >= 0.3 is 6.09 Å². The van der Waals surface area contributed by atoms with E-state index in [1.807, 2.05) is 6.07 Å². The minimum Gasteiger partial charge on any atom is -0.465 e. The van der Waals surface area contributed by atoms with Crippen LogP contribution in [-0.2, 0) is 0 Å². The molecule has 1 aromatic rings. The van der Waals surface area contributed by atoms with Gasteiger partial charge in [-0.3, -0.25) is 0 Å². The molecule has 2 unspecified atom stereocenters. The van der Waals surface area contributed by atoms with Gasteiger partial charge in [-0.05, 0) is 36.1 Å². The third-order valence-corrected chi connectivity index (χ3v) is 4.45. The quantitative estimate of drug-likeness (QED) is 0.774. The van der Waals surface area contributed by atoms with Gasteiger partial charge in [-0.15, -0.1) is 0 Å². The molecule has 3 rings (SSSR count). The molecule has 96 valence electrons. The second-order valence-electron chi connectivity index (χ2n) is 5.00. The van der Waals surface area contributed by atoms with Crippen molar-refractivity contribution in [1.29, 1.82) is 0 Å². The molecule has 0 saturated carbocycles. The van der Waals surface area contributed by atoms with Crippen LogP contribution < -0.4 is 5.32 Å². The van der Waals surface area contributed by atoms with Crippen molar-refractivity contribution in [3.05, 3.63) is 28.2 Å². The Labute approximate surface area is 114 Å². The number of carboxylic acid groups (broad SMARTS) is 1. The smallest absolute Gasteiger partial charge is 0.407 e. The molecular weight excluding hydrogens is 296 g/mol.